The average molecular weight is 492 g/mol. The fourth-order valence-corrected chi connectivity index (χ4v) is 4.25. The Balaban J connectivity index is 2.97. The second kappa shape index (κ2) is 14.8. The molecule has 0 aliphatic rings. The molecule has 0 aliphatic heterocycles. The van der Waals surface area contributed by atoms with Crippen LogP contribution in [0.25, 0.3) is 0 Å². The molecule has 0 bridgehead atoms. The monoisotopic (exact) mass is 491 g/mol. The number of benzene rings is 1. The summed E-state index contributed by atoms with van der Waals surface area (Å²) in [4.78, 5) is 38.7. The molecule has 8 nitrogen and oxygen atoms in total. The van der Waals surface area contributed by atoms with Gasteiger partial charge in [0.1, 0.15) is 12.1 Å². The zero-order valence-corrected chi connectivity index (χ0v) is 22.4. The average Bonchev–Trinajstić information content (AvgIpc) is 2.79. The molecule has 0 saturated carbocycles. The highest BCUT2D eigenvalue weighted by Crippen LogP contribution is 2.23. The summed E-state index contributed by atoms with van der Waals surface area (Å²) in [6.45, 7) is 11.2. The highest BCUT2D eigenvalue weighted by atomic mass is 16.5. The Bertz CT molecular complexity index is 797. The van der Waals surface area contributed by atoms with E-state index in [2.05, 4.69) is 5.32 Å². The standard InChI is InChI=1S/C27H45N3O5/c1-17(2)15-21(16-22(31)14-13-20-11-9-8-10-12-20)26(33)30(28)24(19(5)6)25(32)29-23(18(3)4)27(34)35-7/h8-12,17-19,21-24,31H,13-16,28H2,1-7H3,(H,29,32)/t21?,22?,23-,24-/m0/s1. The number of hydrazine groups is 1. The largest absolute Gasteiger partial charge is 0.467 e. The van der Waals surface area contributed by atoms with Gasteiger partial charge in [0.2, 0.25) is 11.8 Å². The lowest BCUT2D eigenvalue weighted by Gasteiger charge is -2.34. The smallest absolute Gasteiger partial charge is 0.328 e. The van der Waals surface area contributed by atoms with Gasteiger partial charge < -0.3 is 15.2 Å². The molecule has 0 saturated heterocycles. The first-order valence-corrected chi connectivity index (χ1v) is 12.6. The number of hydrogen-bond donors (Lipinski definition) is 3. The maximum atomic E-state index is 13.5. The molecule has 2 unspecified atom stereocenters. The van der Waals surface area contributed by atoms with Gasteiger partial charge in [-0.15, -0.1) is 0 Å². The number of carbonyl (C=O) groups is 3. The van der Waals surface area contributed by atoms with Crippen molar-refractivity contribution in [3.63, 3.8) is 0 Å². The summed E-state index contributed by atoms with van der Waals surface area (Å²) in [6.07, 6.45) is 1.36. The lowest BCUT2D eigenvalue weighted by atomic mass is 9.88. The number of nitrogens with zero attached hydrogens (tertiary/aromatic N) is 1. The second-order valence-corrected chi connectivity index (χ2v) is 10.4. The molecule has 198 valence electrons. The first-order valence-electron chi connectivity index (χ1n) is 12.6. The first kappa shape index (κ1) is 30.6. The molecule has 4 atom stereocenters. The summed E-state index contributed by atoms with van der Waals surface area (Å²) in [5, 5.41) is 14.4. The zero-order valence-electron chi connectivity index (χ0n) is 22.4. The number of nitrogens with one attached hydrogen (secondary N) is 1. The number of methoxy groups -OCH3 is 1. The number of ether oxygens (including phenoxy) is 1. The van der Waals surface area contributed by atoms with Gasteiger partial charge in [-0.3, -0.25) is 14.6 Å². The van der Waals surface area contributed by atoms with Crippen LogP contribution in [0.2, 0.25) is 0 Å². The molecular weight excluding hydrogens is 446 g/mol. The number of aryl methyl sites for hydroxylation is 1. The summed E-state index contributed by atoms with van der Waals surface area (Å²) in [5.74, 6) is 4.01. The Morgan fingerprint density at radius 3 is 2.09 bits per heavy atom. The van der Waals surface area contributed by atoms with Crippen LogP contribution in [0, 0.1) is 23.7 Å². The summed E-state index contributed by atoms with van der Waals surface area (Å²) in [7, 11) is 1.27. The Kier molecular flexibility index (Phi) is 13.0. The van der Waals surface area contributed by atoms with E-state index in [1.807, 2.05) is 44.2 Å². The fraction of sp³-hybridized carbons (Fsp3) is 0.667. The lowest BCUT2D eigenvalue weighted by molar-refractivity contribution is -0.150. The minimum atomic E-state index is -0.968. The van der Waals surface area contributed by atoms with Gasteiger partial charge in [0.05, 0.1) is 13.2 Å². The van der Waals surface area contributed by atoms with Crippen molar-refractivity contribution in [3.05, 3.63) is 35.9 Å². The van der Waals surface area contributed by atoms with Crippen LogP contribution in [0.15, 0.2) is 30.3 Å². The first-order chi connectivity index (χ1) is 16.4. The van der Waals surface area contributed by atoms with E-state index in [0.29, 0.717) is 19.3 Å². The molecule has 1 aromatic carbocycles. The van der Waals surface area contributed by atoms with Gasteiger partial charge in [-0.1, -0.05) is 71.9 Å². The molecule has 1 aromatic rings. The van der Waals surface area contributed by atoms with Crippen molar-refractivity contribution >= 4 is 17.8 Å². The molecule has 0 fully saturated rings. The van der Waals surface area contributed by atoms with Crippen molar-refractivity contribution in [1.82, 2.24) is 10.3 Å². The van der Waals surface area contributed by atoms with Crippen molar-refractivity contribution in [1.29, 1.82) is 0 Å². The van der Waals surface area contributed by atoms with E-state index in [-0.39, 0.29) is 30.1 Å². The molecule has 0 spiro atoms. The number of hydrogen-bond acceptors (Lipinski definition) is 6. The maximum absolute atomic E-state index is 13.5. The number of carbonyl (C=O) groups excluding carboxylic acids is 3. The van der Waals surface area contributed by atoms with Crippen molar-refractivity contribution in [2.75, 3.05) is 7.11 Å². The normalized spacial score (nSPS) is 15.0. The second-order valence-electron chi connectivity index (χ2n) is 10.4. The number of nitrogens with two attached hydrogens (primary N) is 1. The molecule has 0 radical (unpaired) electrons. The Morgan fingerprint density at radius 2 is 1.60 bits per heavy atom. The molecule has 0 heterocycles. The van der Waals surface area contributed by atoms with E-state index in [1.165, 1.54) is 7.11 Å². The van der Waals surface area contributed by atoms with Crippen LogP contribution in [0.4, 0.5) is 0 Å². The van der Waals surface area contributed by atoms with Gasteiger partial charge in [-0.2, -0.15) is 0 Å². The summed E-state index contributed by atoms with van der Waals surface area (Å²) >= 11 is 0. The van der Waals surface area contributed by atoms with E-state index in [4.69, 9.17) is 10.6 Å². The van der Waals surface area contributed by atoms with Crippen LogP contribution in [0.5, 0.6) is 0 Å². The third-order valence-corrected chi connectivity index (χ3v) is 6.14. The maximum Gasteiger partial charge on any atom is 0.328 e. The van der Waals surface area contributed by atoms with Crippen molar-refractivity contribution < 1.29 is 24.2 Å². The van der Waals surface area contributed by atoms with Gasteiger partial charge in [0, 0.05) is 5.92 Å². The molecule has 1 rings (SSSR count). The topological polar surface area (TPSA) is 122 Å². The summed E-state index contributed by atoms with van der Waals surface area (Å²) < 4.78 is 4.81. The van der Waals surface area contributed by atoms with Crippen LogP contribution >= 0.6 is 0 Å². The van der Waals surface area contributed by atoms with E-state index in [9.17, 15) is 19.5 Å². The highest BCUT2D eigenvalue weighted by Gasteiger charge is 2.37. The Hall–Kier alpha value is -2.45. The molecule has 35 heavy (non-hydrogen) atoms. The highest BCUT2D eigenvalue weighted by molar-refractivity contribution is 5.91. The molecule has 2 amide bonds. The number of rotatable bonds is 14. The quantitative estimate of drug-likeness (QED) is 0.159. The lowest BCUT2D eigenvalue weighted by Crippen LogP contribution is -2.60. The van der Waals surface area contributed by atoms with Gasteiger partial charge >= 0.3 is 5.97 Å². The predicted octanol–water partition coefficient (Wildman–Crippen LogP) is 3.07. The van der Waals surface area contributed by atoms with Gasteiger partial charge in [0.25, 0.3) is 0 Å². The minimum absolute atomic E-state index is 0.199. The van der Waals surface area contributed by atoms with Gasteiger partial charge in [-0.25, -0.2) is 10.6 Å². The van der Waals surface area contributed by atoms with Crippen LogP contribution < -0.4 is 11.2 Å². The van der Waals surface area contributed by atoms with Crippen LogP contribution in [0.1, 0.15) is 66.4 Å². The van der Waals surface area contributed by atoms with Gasteiger partial charge in [0.15, 0.2) is 0 Å². The molecular formula is C27H45N3O5. The van der Waals surface area contributed by atoms with Crippen molar-refractivity contribution in [3.8, 4) is 0 Å². The Morgan fingerprint density at radius 1 is 1.00 bits per heavy atom. The zero-order chi connectivity index (χ0) is 26.7. The fourth-order valence-electron chi connectivity index (χ4n) is 4.25. The SMILES string of the molecule is COC(=O)[C@@H](NC(=O)[C@H](C(C)C)N(N)C(=O)C(CC(C)C)CC(O)CCc1ccccc1)C(C)C. The number of aliphatic hydroxyl groups is 1. The van der Waals surface area contributed by atoms with E-state index in [1.54, 1.807) is 27.7 Å². The van der Waals surface area contributed by atoms with Gasteiger partial charge in [-0.05, 0) is 49.0 Å². The number of amides is 2. The summed E-state index contributed by atoms with van der Waals surface area (Å²) in [6, 6.07) is 8.07. The Labute approximate surface area is 210 Å². The van der Waals surface area contributed by atoms with E-state index < -0.39 is 36.0 Å². The van der Waals surface area contributed by atoms with Crippen LogP contribution in [-0.4, -0.2) is 53.2 Å². The van der Waals surface area contributed by atoms with Crippen LogP contribution in [0.3, 0.4) is 0 Å². The number of aliphatic hydroxyl groups excluding tert-OH is 1. The predicted molar refractivity (Wildman–Crippen MR) is 137 cm³/mol. The molecule has 0 aromatic heterocycles. The minimum Gasteiger partial charge on any atom is -0.467 e. The van der Waals surface area contributed by atoms with Crippen molar-refractivity contribution in [2.24, 2.45) is 29.5 Å². The summed E-state index contributed by atoms with van der Waals surface area (Å²) in [5.41, 5.74) is 1.13. The molecule has 0 aliphatic carbocycles. The molecule has 4 N–H and O–H groups in total. The number of esters is 1. The van der Waals surface area contributed by atoms with E-state index >= 15 is 0 Å². The van der Waals surface area contributed by atoms with E-state index in [0.717, 1.165) is 10.6 Å². The third-order valence-electron chi connectivity index (χ3n) is 6.14. The van der Waals surface area contributed by atoms with Crippen molar-refractivity contribution in [2.45, 2.75) is 85.4 Å². The third kappa shape index (κ3) is 9.98. The van der Waals surface area contributed by atoms with Crippen LogP contribution in [-0.2, 0) is 25.5 Å². The molecule has 8 heteroatoms.